The van der Waals surface area contributed by atoms with Crippen molar-refractivity contribution in [2.75, 3.05) is 19.5 Å². The number of methoxy groups -OCH3 is 2. The molecule has 0 aromatic heterocycles. The fraction of sp³-hybridized carbons (Fsp3) is 0.424. The smallest absolute Gasteiger partial charge is 0.339 e. The van der Waals surface area contributed by atoms with Gasteiger partial charge >= 0.3 is 5.97 Å². The summed E-state index contributed by atoms with van der Waals surface area (Å²) in [5, 5.41) is 3.47. The molecule has 3 N–H and O–H groups in total. The van der Waals surface area contributed by atoms with E-state index in [4.69, 9.17) is 19.6 Å². The molecule has 0 radical (unpaired) electrons. The van der Waals surface area contributed by atoms with E-state index in [0.29, 0.717) is 31.6 Å². The number of halogens is 1. The molecule has 222 valence electrons. The van der Waals surface area contributed by atoms with E-state index in [2.05, 4.69) is 39.2 Å². The van der Waals surface area contributed by atoms with Gasteiger partial charge in [-0.05, 0) is 90.5 Å². The Morgan fingerprint density at radius 1 is 0.927 bits per heavy atom. The molecule has 2 atom stereocenters. The molecule has 0 fully saturated rings. The van der Waals surface area contributed by atoms with Crippen molar-refractivity contribution in [2.24, 2.45) is 5.73 Å². The minimum absolute atomic E-state index is 0.170. The second-order valence-electron chi connectivity index (χ2n) is 12.0. The van der Waals surface area contributed by atoms with E-state index in [-0.39, 0.29) is 10.9 Å². The van der Waals surface area contributed by atoms with E-state index in [0.717, 1.165) is 22.4 Å². The van der Waals surface area contributed by atoms with Gasteiger partial charge in [0.25, 0.3) is 0 Å². The zero-order valence-corrected chi connectivity index (χ0v) is 26.4. The predicted octanol–water partition coefficient (Wildman–Crippen LogP) is 7.40. The maximum atomic E-state index is 14.1. The zero-order chi connectivity index (χ0) is 30.3. The minimum atomic E-state index is -2.53. The van der Waals surface area contributed by atoms with Gasteiger partial charge in [-0.15, -0.1) is 0 Å². The molecule has 0 aliphatic carbocycles. The van der Waals surface area contributed by atoms with Crippen molar-refractivity contribution >= 4 is 20.0 Å². The van der Waals surface area contributed by atoms with Crippen molar-refractivity contribution in [3.05, 3.63) is 95.3 Å². The highest BCUT2D eigenvalue weighted by atomic mass is 28.4. The summed E-state index contributed by atoms with van der Waals surface area (Å²) in [6.07, 6.45) is 1.66. The van der Waals surface area contributed by atoms with Crippen molar-refractivity contribution < 1.29 is 23.1 Å². The average Bonchev–Trinajstić information content (AvgIpc) is 2.95. The molecule has 0 aliphatic rings. The van der Waals surface area contributed by atoms with Gasteiger partial charge in [0.2, 0.25) is 0 Å². The second kappa shape index (κ2) is 13.6. The molecular weight excluding hydrogens is 535 g/mol. The molecule has 3 aromatic rings. The van der Waals surface area contributed by atoms with Crippen LogP contribution in [0.5, 0.6) is 5.75 Å². The molecule has 0 aliphatic heterocycles. The summed E-state index contributed by atoms with van der Waals surface area (Å²) in [5.41, 5.74) is 8.16. The molecule has 0 unspecified atom stereocenters. The van der Waals surface area contributed by atoms with Crippen LogP contribution in [0.3, 0.4) is 0 Å². The lowest BCUT2D eigenvalue weighted by Gasteiger charge is -2.48. The quantitative estimate of drug-likeness (QED) is 0.162. The van der Waals surface area contributed by atoms with Gasteiger partial charge < -0.3 is 25.0 Å². The van der Waals surface area contributed by atoms with Crippen LogP contribution in [0, 0.1) is 5.82 Å². The number of hydrogen-bond acceptors (Lipinski definition) is 6. The number of esters is 1. The Bertz CT molecular complexity index is 1260. The molecule has 8 heteroatoms. The summed E-state index contributed by atoms with van der Waals surface area (Å²) >= 11 is 0. The number of rotatable bonds is 13. The maximum absolute atomic E-state index is 14.1. The highest BCUT2D eigenvalue weighted by Crippen LogP contribution is 2.46. The Morgan fingerprint density at radius 3 is 2.02 bits per heavy atom. The van der Waals surface area contributed by atoms with E-state index in [1.807, 2.05) is 48.5 Å². The maximum Gasteiger partial charge on any atom is 0.339 e. The number of aryl methyl sites for hydroxylation is 1. The van der Waals surface area contributed by atoms with E-state index in [1.165, 1.54) is 19.2 Å². The molecule has 0 saturated heterocycles. The Hall–Kier alpha value is -3.20. The number of benzene rings is 3. The third-order valence-electron chi connectivity index (χ3n) is 8.12. The Kier molecular flexibility index (Phi) is 10.7. The van der Waals surface area contributed by atoms with Crippen molar-refractivity contribution in [1.82, 2.24) is 0 Å². The topological polar surface area (TPSA) is 82.8 Å². The lowest BCUT2D eigenvalue weighted by atomic mass is 9.83. The first-order valence-corrected chi connectivity index (χ1v) is 17.0. The van der Waals surface area contributed by atoms with E-state index in [9.17, 15) is 9.18 Å². The summed E-state index contributed by atoms with van der Waals surface area (Å²) in [5.74, 6) is 0.00163. The van der Waals surface area contributed by atoms with Crippen molar-refractivity contribution in [3.8, 4) is 5.75 Å². The number of carbonyl (C=O) groups is 1. The molecule has 0 saturated carbocycles. The third-order valence-corrected chi connectivity index (χ3v) is 12.6. The van der Waals surface area contributed by atoms with Gasteiger partial charge in [-0.25, -0.2) is 9.18 Å². The molecule has 0 amide bonds. The summed E-state index contributed by atoms with van der Waals surface area (Å²) in [4.78, 5) is 14.1. The van der Waals surface area contributed by atoms with Gasteiger partial charge in [0.15, 0.2) is 13.9 Å². The molecule has 41 heavy (non-hydrogen) atoms. The summed E-state index contributed by atoms with van der Waals surface area (Å²) in [7, 11) is 0.500. The van der Waals surface area contributed by atoms with Gasteiger partial charge in [0.1, 0.15) is 11.6 Å². The van der Waals surface area contributed by atoms with Crippen LogP contribution in [0.25, 0.3) is 0 Å². The van der Waals surface area contributed by atoms with Crippen LogP contribution in [0.1, 0.15) is 56.3 Å². The van der Waals surface area contributed by atoms with Crippen LogP contribution in [-0.4, -0.2) is 34.1 Å². The molecule has 0 heterocycles. The fourth-order valence-corrected chi connectivity index (χ4v) is 6.19. The molecule has 0 bridgehead atoms. The van der Waals surface area contributed by atoms with Crippen LogP contribution >= 0.6 is 0 Å². The van der Waals surface area contributed by atoms with Crippen molar-refractivity contribution in [1.29, 1.82) is 0 Å². The first-order chi connectivity index (χ1) is 19.3. The molecule has 6 nitrogen and oxygen atoms in total. The number of ether oxygens (including phenoxy) is 2. The Morgan fingerprint density at radius 2 is 1.51 bits per heavy atom. The lowest BCUT2D eigenvalue weighted by Crippen LogP contribution is -2.58. The van der Waals surface area contributed by atoms with Gasteiger partial charge in [0.05, 0.1) is 20.3 Å². The molecule has 0 spiro atoms. The zero-order valence-electron chi connectivity index (χ0n) is 25.4. The number of hydrogen-bond donors (Lipinski definition) is 2. The largest absolute Gasteiger partial charge is 0.497 e. The minimum Gasteiger partial charge on any atom is -0.497 e. The standard InChI is InChI=1S/C33H45FN2O4Si/c1-32(2,3)41(6,7)40-33(31(37)39-5,22-8-9-24-10-16-27(34)17-11-24)30(26-14-20-29(38-4)21-15-26)36-28-18-12-25(23-35)13-19-28/h10-21,30,36H,8-9,22-23,35H2,1-7H3/t30-,33+/m0/s1. The number of carbonyl (C=O) groups excluding carboxylic acids is 1. The number of anilines is 1. The average molecular weight is 581 g/mol. The summed E-state index contributed by atoms with van der Waals surface area (Å²) < 4.78 is 31.7. The van der Waals surface area contributed by atoms with Crippen molar-refractivity contribution in [3.63, 3.8) is 0 Å². The number of nitrogens with two attached hydrogens (primary N) is 1. The van der Waals surface area contributed by atoms with Gasteiger partial charge in [0, 0.05) is 12.2 Å². The van der Waals surface area contributed by atoms with E-state index < -0.39 is 25.9 Å². The van der Waals surface area contributed by atoms with E-state index in [1.54, 1.807) is 19.2 Å². The monoisotopic (exact) mass is 580 g/mol. The lowest BCUT2D eigenvalue weighted by molar-refractivity contribution is -0.163. The molecule has 3 aromatic carbocycles. The predicted molar refractivity (Wildman–Crippen MR) is 166 cm³/mol. The normalized spacial score (nSPS) is 14.2. The van der Waals surface area contributed by atoms with Gasteiger partial charge in [-0.2, -0.15) is 0 Å². The first kappa shape index (κ1) is 32.3. The first-order valence-electron chi connectivity index (χ1n) is 14.1. The summed E-state index contributed by atoms with van der Waals surface area (Å²) in [6.45, 7) is 11.2. The van der Waals surface area contributed by atoms with Crippen LogP contribution < -0.4 is 15.8 Å². The summed E-state index contributed by atoms with van der Waals surface area (Å²) in [6, 6.07) is 21.4. The number of nitrogens with one attached hydrogen (secondary N) is 1. The Labute approximate surface area is 245 Å². The van der Waals surface area contributed by atoms with Gasteiger partial charge in [-0.3, -0.25) is 0 Å². The van der Waals surface area contributed by atoms with Crippen molar-refractivity contribution in [2.45, 2.75) is 76.4 Å². The Balaban J connectivity index is 2.16. The highest BCUT2D eigenvalue weighted by molar-refractivity contribution is 6.74. The molecule has 3 rings (SSSR count). The van der Waals surface area contributed by atoms with Crippen LogP contribution in [0.2, 0.25) is 18.1 Å². The second-order valence-corrected chi connectivity index (χ2v) is 16.7. The molecular formula is C33H45FN2O4Si. The van der Waals surface area contributed by atoms with Crippen LogP contribution in [0.15, 0.2) is 72.8 Å². The fourth-order valence-electron chi connectivity index (χ4n) is 4.67. The van der Waals surface area contributed by atoms with Crippen LogP contribution in [-0.2, 0) is 26.9 Å². The highest BCUT2D eigenvalue weighted by Gasteiger charge is 2.54. The van der Waals surface area contributed by atoms with E-state index >= 15 is 0 Å². The van der Waals surface area contributed by atoms with Gasteiger partial charge in [-0.1, -0.05) is 57.2 Å². The van der Waals surface area contributed by atoms with Crippen LogP contribution in [0.4, 0.5) is 10.1 Å². The third kappa shape index (κ3) is 7.96. The SMILES string of the molecule is COC(=O)[C@](CCCc1ccc(F)cc1)(O[Si](C)(C)C(C)(C)C)[C@@H](Nc1ccc(CN)cc1)c1ccc(OC)cc1.